The summed E-state index contributed by atoms with van der Waals surface area (Å²) in [6, 6.07) is 8.76. The number of benzene rings is 2. The molecule has 3 N–H and O–H groups in total. The van der Waals surface area contributed by atoms with E-state index in [2.05, 4.69) is 14.8 Å². The number of anilines is 2. The Morgan fingerprint density at radius 3 is 2.00 bits per heavy atom. The van der Waals surface area contributed by atoms with E-state index < -0.39 is 36.6 Å². The van der Waals surface area contributed by atoms with E-state index in [1.165, 1.54) is 24.3 Å². The van der Waals surface area contributed by atoms with Gasteiger partial charge in [-0.05, 0) is 24.3 Å². The topological polar surface area (TPSA) is 142 Å². The number of amides is 1. The van der Waals surface area contributed by atoms with E-state index in [9.17, 15) is 24.0 Å². The first-order valence-electron chi connectivity index (χ1n) is 8.86. The molecule has 0 aliphatic carbocycles. The Kier molecular flexibility index (Phi) is 4.45. The minimum Gasteiger partial charge on any atom is -0.398 e. The predicted octanol–water partition coefficient (Wildman–Crippen LogP) is 2.17. The Morgan fingerprint density at radius 1 is 0.893 bits per heavy atom. The van der Waals surface area contributed by atoms with Gasteiger partial charge in [-0.2, -0.15) is 0 Å². The van der Waals surface area contributed by atoms with Crippen LogP contribution in [-0.4, -0.2) is 29.8 Å². The van der Waals surface area contributed by atoms with Crippen molar-refractivity contribution >= 4 is 41.2 Å². The third-order valence-electron chi connectivity index (χ3n) is 3.63. The highest BCUT2D eigenvalue weighted by molar-refractivity contribution is 6.18. The molecule has 144 valence electrons. The Labute approximate surface area is 163 Å². The maximum Gasteiger partial charge on any atom is 0.349 e. The average Bonchev–Trinajstić information content (AvgIpc) is 3.12. The number of cyclic esters (lactones) is 4. The highest BCUT2D eigenvalue weighted by atomic mass is 16.6. The SMILES string of the molecule is C.Nc1cccc2c1C(=O)OC2=O.[2H]C([2H])([2H])C(=O)Nc1cccc2c1C(=O)OC2=O. The second-order valence-corrected chi connectivity index (χ2v) is 5.31. The van der Waals surface area contributed by atoms with Crippen molar-refractivity contribution in [2.24, 2.45) is 0 Å². The molecule has 2 heterocycles. The van der Waals surface area contributed by atoms with E-state index in [1.807, 2.05) is 0 Å². The number of carbonyl (C=O) groups excluding carboxylic acids is 5. The largest absolute Gasteiger partial charge is 0.398 e. The van der Waals surface area contributed by atoms with Crippen LogP contribution >= 0.6 is 0 Å². The van der Waals surface area contributed by atoms with Crippen LogP contribution in [0.4, 0.5) is 11.4 Å². The van der Waals surface area contributed by atoms with E-state index in [0.29, 0.717) is 0 Å². The molecule has 9 heteroatoms. The van der Waals surface area contributed by atoms with Crippen LogP contribution in [-0.2, 0) is 14.3 Å². The standard InChI is InChI=1S/C10H7NO4.C8H5NO3.CH4/c1-5(12)11-7-4-2-3-6-8(7)10(14)15-9(6)13;9-5-3-1-2-4-6(5)8(11)12-7(4)10;/h2-4H,1H3,(H,11,12);1-3H,9H2;1H4/i1D3;;. The molecule has 2 aliphatic rings. The fraction of sp³-hybridized carbons (Fsp3) is 0.105. The van der Waals surface area contributed by atoms with Crippen molar-refractivity contribution in [1.82, 2.24) is 0 Å². The number of hydrogen-bond donors (Lipinski definition) is 2. The van der Waals surface area contributed by atoms with Gasteiger partial charge < -0.3 is 20.5 Å². The molecule has 0 saturated heterocycles. The van der Waals surface area contributed by atoms with Crippen molar-refractivity contribution in [3.63, 3.8) is 0 Å². The zero-order valence-electron chi connectivity index (χ0n) is 16.4. The van der Waals surface area contributed by atoms with Gasteiger partial charge in [0.1, 0.15) is 0 Å². The lowest BCUT2D eigenvalue weighted by molar-refractivity contribution is -0.114. The van der Waals surface area contributed by atoms with E-state index >= 15 is 0 Å². The molecule has 1 amide bonds. The zero-order chi connectivity index (χ0) is 22.2. The molecule has 0 saturated carbocycles. The number of rotatable bonds is 1. The first-order valence-corrected chi connectivity index (χ1v) is 7.36. The lowest BCUT2D eigenvalue weighted by Crippen LogP contribution is -2.09. The van der Waals surface area contributed by atoms with Gasteiger partial charge in [-0.15, -0.1) is 0 Å². The van der Waals surface area contributed by atoms with Crippen LogP contribution in [0.25, 0.3) is 0 Å². The number of hydrogen-bond acceptors (Lipinski definition) is 8. The van der Waals surface area contributed by atoms with Gasteiger partial charge in [0, 0.05) is 16.7 Å². The summed E-state index contributed by atoms with van der Waals surface area (Å²) in [7, 11) is 0. The van der Waals surface area contributed by atoms with Gasteiger partial charge in [-0.25, -0.2) is 19.2 Å². The summed E-state index contributed by atoms with van der Waals surface area (Å²) in [5, 5.41) is 2.08. The van der Waals surface area contributed by atoms with Crippen molar-refractivity contribution in [3.8, 4) is 0 Å². The molecule has 0 atom stereocenters. The molecule has 2 aromatic carbocycles. The van der Waals surface area contributed by atoms with Gasteiger partial charge >= 0.3 is 23.9 Å². The van der Waals surface area contributed by atoms with E-state index in [1.54, 1.807) is 12.1 Å². The Balaban J connectivity index is 0.000000229. The van der Waals surface area contributed by atoms with E-state index in [0.717, 1.165) is 0 Å². The quantitative estimate of drug-likeness (QED) is 0.431. The number of carbonyl (C=O) groups is 5. The highest BCUT2D eigenvalue weighted by Gasteiger charge is 2.32. The minimum absolute atomic E-state index is 0. The molecule has 0 fully saturated rings. The van der Waals surface area contributed by atoms with Gasteiger partial charge in [-0.1, -0.05) is 19.6 Å². The summed E-state index contributed by atoms with van der Waals surface area (Å²) in [4.78, 5) is 55.9. The molecule has 0 bridgehead atoms. The zero-order valence-corrected chi connectivity index (χ0v) is 13.4. The van der Waals surface area contributed by atoms with Crippen molar-refractivity contribution in [2.75, 3.05) is 11.1 Å². The van der Waals surface area contributed by atoms with Crippen LogP contribution in [0.1, 0.15) is 59.8 Å². The summed E-state index contributed by atoms with van der Waals surface area (Å²) in [6.07, 6.45) is 0. The summed E-state index contributed by atoms with van der Waals surface area (Å²) >= 11 is 0. The third kappa shape index (κ3) is 3.58. The minimum atomic E-state index is -2.84. The lowest BCUT2D eigenvalue weighted by atomic mass is 10.1. The Morgan fingerprint density at radius 2 is 1.43 bits per heavy atom. The summed E-state index contributed by atoms with van der Waals surface area (Å²) in [5.41, 5.74) is 6.01. The number of nitrogens with one attached hydrogen (secondary N) is 1. The van der Waals surface area contributed by atoms with Crippen LogP contribution in [0.15, 0.2) is 36.4 Å². The van der Waals surface area contributed by atoms with Crippen molar-refractivity contribution in [3.05, 3.63) is 58.7 Å². The maximum atomic E-state index is 11.4. The van der Waals surface area contributed by atoms with E-state index in [-0.39, 0.29) is 41.1 Å². The number of nitrogens with two attached hydrogens (primary N) is 1. The maximum absolute atomic E-state index is 11.4. The molecule has 2 aromatic rings. The smallest absolute Gasteiger partial charge is 0.349 e. The molecule has 4 rings (SSSR count). The number of fused-ring (bicyclic) bond motifs is 2. The average molecular weight is 387 g/mol. The van der Waals surface area contributed by atoms with Crippen LogP contribution in [0.3, 0.4) is 0 Å². The van der Waals surface area contributed by atoms with Crippen molar-refractivity contribution < 1.29 is 37.6 Å². The first-order chi connectivity index (χ1) is 14.0. The van der Waals surface area contributed by atoms with Gasteiger partial charge in [0.25, 0.3) is 0 Å². The van der Waals surface area contributed by atoms with Gasteiger partial charge in [-0.3, -0.25) is 4.79 Å². The number of nitrogen functional groups attached to an aromatic ring is 1. The summed E-state index contributed by atoms with van der Waals surface area (Å²) in [5.74, 6) is -4.24. The van der Waals surface area contributed by atoms with Crippen LogP contribution < -0.4 is 11.1 Å². The molecular weight excluding hydrogens is 368 g/mol. The second-order valence-electron chi connectivity index (χ2n) is 5.31. The molecule has 0 aromatic heterocycles. The molecule has 28 heavy (non-hydrogen) atoms. The second kappa shape index (κ2) is 7.70. The Bertz CT molecular complexity index is 1130. The van der Waals surface area contributed by atoms with Crippen LogP contribution in [0.5, 0.6) is 0 Å². The summed E-state index contributed by atoms with van der Waals surface area (Å²) in [6.45, 7) is -2.84. The number of ether oxygens (including phenoxy) is 2. The molecule has 9 nitrogen and oxygen atoms in total. The summed E-state index contributed by atoms with van der Waals surface area (Å²) < 4.78 is 29.5. The molecular formula is C19H16N2O7. The predicted molar refractivity (Wildman–Crippen MR) is 97.8 cm³/mol. The van der Waals surface area contributed by atoms with Crippen LogP contribution in [0.2, 0.25) is 0 Å². The normalized spacial score (nSPS) is 15.4. The Hall–Kier alpha value is -4.01. The third-order valence-corrected chi connectivity index (χ3v) is 3.63. The molecule has 2 aliphatic heterocycles. The fourth-order valence-electron chi connectivity index (χ4n) is 2.52. The lowest BCUT2D eigenvalue weighted by Gasteiger charge is -2.03. The monoisotopic (exact) mass is 387 g/mol. The van der Waals surface area contributed by atoms with E-state index in [4.69, 9.17) is 9.85 Å². The first kappa shape index (κ1) is 16.2. The number of esters is 4. The van der Waals surface area contributed by atoms with Crippen molar-refractivity contribution in [1.29, 1.82) is 0 Å². The van der Waals surface area contributed by atoms with Gasteiger partial charge in [0.2, 0.25) is 5.91 Å². The fourth-order valence-corrected chi connectivity index (χ4v) is 2.52. The van der Waals surface area contributed by atoms with Crippen LogP contribution in [0, 0.1) is 0 Å². The highest BCUT2D eigenvalue weighted by Crippen LogP contribution is 2.27. The van der Waals surface area contributed by atoms with Gasteiger partial charge in [0.05, 0.1) is 27.9 Å². The van der Waals surface area contributed by atoms with Gasteiger partial charge in [0.15, 0.2) is 0 Å². The van der Waals surface area contributed by atoms with Crippen molar-refractivity contribution in [2.45, 2.75) is 14.3 Å². The molecule has 0 spiro atoms. The molecule has 0 radical (unpaired) electrons. The molecule has 0 unspecified atom stereocenters.